The van der Waals surface area contributed by atoms with Crippen molar-refractivity contribution in [2.45, 2.75) is 45.1 Å². The van der Waals surface area contributed by atoms with Crippen LogP contribution >= 0.6 is 15.9 Å². The maximum Gasteiger partial charge on any atom is 0.119 e. The summed E-state index contributed by atoms with van der Waals surface area (Å²) >= 11 is 3.45. The largest absolute Gasteiger partial charge is 0.494 e. The molecular formula is C19H28BrNO. The molecule has 1 aromatic carbocycles. The van der Waals surface area contributed by atoms with E-state index in [9.17, 15) is 0 Å². The molecule has 2 nitrogen and oxygen atoms in total. The molecule has 1 rings (SSSR count). The van der Waals surface area contributed by atoms with Crippen molar-refractivity contribution < 1.29 is 4.74 Å². The molecule has 0 aromatic heterocycles. The number of hydrogen-bond donors (Lipinski definition) is 0. The van der Waals surface area contributed by atoms with Crippen LogP contribution in [-0.4, -0.2) is 36.5 Å². The summed E-state index contributed by atoms with van der Waals surface area (Å²) in [4.78, 5) is 2.19. The number of ether oxygens (including phenoxy) is 1. The summed E-state index contributed by atoms with van der Waals surface area (Å²) in [6, 6.07) is 8.89. The second-order valence-electron chi connectivity index (χ2n) is 5.77. The fourth-order valence-corrected chi connectivity index (χ4v) is 2.66. The van der Waals surface area contributed by atoms with Gasteiger partial charge in [0, 0.05) is 11.4 Å². The van der Waals surface area contributed by atoms with Crippen LogP contribution in [0, 0.1) is 12.3 Å². The van der Waals surface area contributed by atoms with E-state index in [4.69, 9.17) is 11.2 Å². The van der Waals surface area contributed by atoms with Gasteiger partial charge in [-0.15, -0.1) is 6.42 Å². The number of likely N-dealkylation sites (N-methyl/N-ethyl adjacent to an activating group) is 1. The summed E-state index contributed by atoms with van der Waals surface area (Å²) in [5, 5.41) is 1.10. The third-order valence-corrected chi connectivity index (χ3v) is 4.41. The summed E-state index contributed by atoms with van der Waals surface area (Å²) in [6.45, 7) is 3.70. The van der Waals surface area contributed by atoms with E-state index >= 15 is 0 Å². The van der Waals surface area contributed by atoms with Gasteiger partial charge in [-0.1, -0.05) is 46.8 Å². The topological polar surface area (TPSA) is 12.5 Å². The first-order valence-electron chi connectivity index (χ1n) is 8.08. The Morgan fingerprint density at radius 1 is 1.18 bits per heavy atom. The quantitative estimate of drug-likeness (QED) is 0.324. The third kappa shape index (κ3) is 7.87. The fraction of sp³-hybridized carbons (Fsp3) is 0.579. The van der Waals surface area contributed by atoms with Crippen LogP contribution in [0.25, 0.3) is 0 Å². The SMILES string of the molecule is C#CCN(C)[C@H](C)Cc1ccc(OCCCCCCBr)cc1. The molecule has 0 aliphatic rings. The highest BCUT2D eigenvalue weighted by atomic mass is 79.9. The molecule has 1 aromatic rings. The van der Waals surface area contributed by atoms with Crippen molar-refractivity contribution in [3.05, 3.63) is 29.8 Å². The molecule has 0 saturated heterocycles. The molecule has 0 bridgehead atoms. The van der Waals surface area contributed by atoms with Crippen molar-refractivity contribution in [1.29, 1.82) is 0 Å². The Morgan fingerprint density at radius 3 is 2.50 bits per heavy atom. The average molecular weight is 366 g/mol. The average Bonchev–Trinajstić information content (AvgIpc) is 2.52. The highest BCUT2D eigenvalue weighted by Crippen LogP contribution is 2.15. The number of halogens is 1. The molecule has 0 unspecified atom stereocenters. The normalized spacial score (nSPS) is 12.1. The van der Waals surface area contributed by atoms with Gasteiger partial charge in [0.1, 0.15) is 5.75 Å². The van der Waals surface area contributed by atoms with E-state index in [-0.39, 0.29) is 0 Å². The van der Waals surface area contributed by atoms with E-state index in [2.05, 4.69) is 65.0 Å². The van der Waals surface area contributed by atoms with Gasteiger partial charge in [0.25, 0.3) is 0 Å². The fourth-order valence-electron chi connectivity index (χ4n) is 2.26. The van der Waals surface area contributed by atoms with Crippen LogP contribution in [0.1, 0.15) is 38.2 Å². The molecule has 0 fully saturated rings. The zero-order valence-corrected chi connectivity index (χ0v) is 15.4. The van der Waals surface area contributed by atoms with Crippen LogP contribution in [0.15, 0.2) is 24.3 Å². The minimum absolute atomic E-state index is 0.442. The minimum atomic E-state index is 0.442. The smallest absolute Gasteiger partial charge is 0.119 e. The van der Waals surface area contributed by atoms with Gasteiger partial charge in [-0.2, -0.15) is 0 Å². The molecule has 0 radical (unpaired) electrons. The molecule has 0 aliphatic heterocycles. The predicted octanol–water partition coefficient (Wildman–Crippen LogP) is 4.52. The van der Waals surface area contributed by atoms with E-state index in [1.165, 1.54) is 24.8 Å². The Kier molecular flexibility index (Phi) is 10.0. The van der Waals surface area contributed by atoms with Gasteiger partial charge in [-0.3, -0.25) is 4.90 Å². The van der Waals surface area contributed by atoms with Gasteiger partial charge < -0.3 is 4.74 Å². The molecule has 22 heavy (non-hydrogen) atoms. The van der Waals surface area contributed by atoms with Crippen LogP contribution in [0.5, 0.6) is 5.75 Å². The molecule has 3 heteroatoms. The zero-order chi connectivity index (χ0) is 16.2. The highest BCUT2D eigenvalue weighted by molar-refractivity contribution is 9.09. The molecule has 0 N–H and O–H groups in total. The van der Waals surface area contributed by atoms with Crippen molar-refractivity contribution >= 4 is 15.9 Å². The van der Waals surface area contributed by atoms with Crippen LogP contribution in [0.4, 0.5) is 0 Å². The van der Waals surface area contributed by atoms with E-state index in [1.807, 2.05) is 0 Å². The lowest BCUT2D eigenvalue weighted by molar-refractivity contribution is 0.286. The molecule has 1 atom stereocenters. The van der Waals surface area contributed by atoms with Gasteiger partial charge in [-0.05, 0) is 50.9 Å². The Balaban J connectivity index is 2.29. The molecule has 0 spiro atoms. The standard InChI is InChI=1S/C19H28BrNO/c1-4-14-21(3)17(2)16-18-9-11-19(12-10-18)22-15-8-6-5-7-13-20/h1,9-12,17H,5-8,13-16H2,2-3H3/t17-/m1/s1. The van der Waals surface area contributed by atoms with Crippen molar-refractivity contribution in [3.63, 3.8) is 0 Å². The second-order valence-corrected chi connectivity index (χ2v) is 6.56. The molecule has 0 saturated carbocycles. The van der Waals surface area contributed by atoms with E-state index in [1.54, 1.807) is 0 Å². The summed E-state index contributed by atoms with van der Waals surface area (Å²) in [7, 11) is 2.07. The Morgan fingerprint density at radius 2 is 1.86 bits per heavy atom. The summed E-state index contributed by atoms with van der Waals surface area (Å²) < 4.78 is 5.78. The van der Waals surface area contributed by atoms with Gasteiger partial charge in [0.05, 0.1) is 13.2 Å². The first-order chi connectivity index (χ1) is 10.7. The number of nitrogens with zero attached hydrogens (tertiary/aromatic N) is 1. The lowest BCUT2D eigenvalue weighted by Gasteiger charge is -2.22. The number of hydrogen-bond acceptors (Lipinski definition) is 2. The lowest BCUT2D eigenvalue weighted by atomic mass is 10.1. The van der Waals surface area contributed by atoms with Crippen LogP contribution in [0.3, 0.4) is 0 Å². The minimum Gasteiger partial charge on any atom is -0.494 e. The van der Waals surface area contributed by atoms with Crippen LogP contribution in [-0.2, 0) is 6.42 Å². The Bertz CT molecular complexity index is 438. The maximum absolute atomic E-state index is 5.78. The zero-order valence-electron chi connectivity index (χ0n) is 13.9. The van der Waals surface area contributed by atoms with Gasteiger partial charge in [0.15, 0.2) is 0 Å². The Labute approximate surface area is 144 Å². The lowest BCUT2D eigenvalue weighted by Crippen LogP contribution is -2.31. The van der Waals surface area contributed by atoms with Crippen molar-refractivity contribution in [3.8, 4) is 18.1 Å². The predicted molar refractivity (Wildman–Crippen MR) is 98.8 cm³/mol. The van der Waals surface area contributed by atoms with E-state index < -0.39 is 0 Å². The first kappa shape index (κ1) is 19.1. The van der Waals surface area contributed by atoms with Crippen molar-refractivity contribution in [1.82, 2.24) is 4.90 Å². The number of benzene rings is 1. The van der Waals surface area contributed by atoms with E-state index in [0.29, 0.717) is 12.6 Å². The third-order valence-electron chi connectivity index (χ3n) is 3.84. The molecule has 0 amide bonds. The number of unbranched alkanes of at least 4 members (excludes halogenated alkanes) is 3. The number of terminal acetylenes is 1. The van der Waals surface area contributed by atoms with Crippen LogP contribution < -0.4 is 4.74 Å². The number of rotatable bonds is 11. The van der Waals surface area contributed by atoms with Crippen molar-refractivity contribution in [2.24, 2.45) is 0 Å². The van der Waals surface area contributed by atoms with Gasteiger partial charge >= 0.3 is 0 Å². The van der Waals surface area contributed by atoms with Crippen molar-refractivity contribution in [2.75, 3.05) is 25.5 Å². The summed E-state index contributed by atoms with van der Waals surface area (Å²) in [5.41, 5.74) is 1.32. The molecular weight excluding hydrogens is 338 g/mol. The van der Waals surface area contributed by atoms with Crippen LogP contribution in [0.2, 0.25) is 0 Å². The van der Waals surface area contributed by atoms with E-state index in [0.717, 1.165) is 30.5 Å². The first-order valence-corrected chi connectivity index (χ1v) is 9.21. The number of alkyl halides is 1. The summed E-state index contributed by atoms with van der Waals surface area (Å²) in [5.74, 6) is 3.65. The Hall–Kier alpha value is -0.980. The second kappa shape index (κ2) is 11.6. The van der Waals surface area contributed by atoms with Gasteiger partial charge in [-0.25, -0.2) is 0 Å². The monoisotopic (exact) mass is 365 g/mol. The summed E-state index contributed by atoms with van der Waals surface area (Å²) in [6.07, 6.45) is 11.3. The maximum atomic E-state index is 5.78. The van der Waals surface area contributed by atoms with Gasteiger partial charge in [0.2, 0.25) is 0 Å². The molecule has 0 aliphatic carbocycles. The molecule has 122 valence electrons. The highest BCUT2D eigenvalue weighted by Gasteiger charge is 2.08. The molecule has 0 heterocycles.